The first kappa shape index (κ1) is 15.1. The molecule has 1 amide bonds. The van der Waals surface area contributed by atoms with E-state index in [1.165, 1.54) is 18.4 Å². The molecule has 1 aromatic carbocycles. The number of aryl methyl sites for hydroxylation is 1. The first-order valence-electron chi connectivity index (χ1n) is 8.23. The number of fused-ring (bicyclic) bond motifs is 1. The molecule has 1 aliphatic carbocycles. The van der Waals surface area contributed by atoms with Crippen LogP contribution in [0.5, 0.6) is 0 Å². The third-order valence-electron chi connectivity index (χ3n) is 4.98. The van der Waals surface area contributed by atoms with E-state index in [0.717, 1.165) is 35.3 Å². The lowest BCUT2D eigenvalue weighted by Gasteiger charge is -2.37. The average Bonchev–Trinajstić information content (AvgIpc) is 2.84. The fourth-order valence-corrected chi connectivity index (χ4v) is 3.41. The summed E-state index contributed by atoms with van der Waals surface area (Å²) in [4.78, 5) is 12.4. The maximum atomic E-state index is 12.4. The topological polar surface area (TPSA) is 42.2 Å². The highest BCUT2D eigenvalue weighted by Gasteiger charge is 2.31. The van der Waals surface area contributed by atoms with Gasteiger partial charge in [-0.05, 0) is 57.1 Å². The van der Waals surface area contributed by atoms with Crippen molar-refractivity contribution in [3.05, 3.63) is 35.6 Å². The Morgan fingerprint density at radius 2 is 2.09 bits per heavy atom. The molecule has 3 rings (SSSR count). The van der Waals surface area contributed by atoms with Crippen LogP contribution in [0.4, 0.5) is 0 Å². The van der Waals surface area contributed by atoms with Crippen LogP contribution in [0.1, 0.15) is 50.7 Å². The van der Waals surface area contributed by atoms with Gasteiger partial charge in [0.15, 0.2) is 0 Å². The Labute approximate surface area is 132 Å². The molecular weight excluding hydrogens is 274 g/mol. The molecule has 2 aromatic rings. The molecule has 22 heavy (non-hydrogen) atoms. The SMILES string of the molecule is Cc1ccc2c(CC(=O)NC3(C)CCC(C)CC3)coc2c1. The number of nitrogens with one attached hydrogen (secondary N) is 1. The number of benzene rings is 1. The summed E-state index contributed by atoms with van der Waals surface area (Å²) in [5, 5.41) is 4.29. The Bertz CT molecular complexity index is 678. The van der Waals surface area contributed by atoms with Crippen molar-refractivity contribution in [2.45, 2.75) is 58.4 Å². The third-order valence-corrected chi connectivity index (χ3v) is 4.98. The van der Waals surface area contributed by atoms with Crippen LogP contribution in [-0.2, 0) is 11.2 Å². The number of furan rings is 1. The van der Waals surface area contributed by atoms with Gasteiger partial charge >= 0.3 is 0 Å². The molecule has 0 spiro atoms. The zero-order chi connectivity index (χ0) is 15.7. The summed E-state index contributed by atoms with van der Waals surface area (Å²) in [6, 6.07) is 6.12. The van der Waals surface area contributed by atoms with E-state index in [4.69, 9.17) is 4.42 Å². The molecule has 0 bridgehead atoms. The minimum absolute atomic E-state index is 0.0419. The molecule has 3 heteroatoms. The van der Waals surface area contributed by atoms with Crippen molar-refractivity contribution in [3.8, 4) is 0 Å². The largest absolute Gasteiger partial charge is 0.464 e. The summed E-state index contributed by atoms with van der Waals surface area (Å²) < 4.78 is 5.58. The van der Waals surface area contributed by atoms with Crippen molar-refractivity contribution in [1.82, 2.24) is 5.32 Å². The van der Waals surface area contributed by atoms with Crippen molar-refractivity contribution in [2.24, 2.45) is 5.92 Å². The van der Waals surface area contributed by atoms with Crippen molar-refractivity contribution in [3.63, 3.8) is 0 Å². The van der Waals surface area contributed by atoms with Crippen LogP contribution in [0.15, 0.2) is 28.9 Å². The van der Waals surface area contributed by atoms with Crippen molar-refractivity contribution in [2.75, 3.05) is 0 Å². The van der Waals surface area contributed by atoms with E-state index in [2.05, 4.69) is 25.2 Å². The standard InChI is InChI=1S/C19H25NO2/c1-13-6-8-19(3,9-7-13)20-18(21)11-15-12-22-17-10-14(2)4-5-16(15)17/h4-5,10,12-13H,6-9,11H2,1-3H3,(H,20,21). The van der Waals surface area contributed by atoms with Gasteiger partial charge in [0.25, 0.3) is 0 Å². The van der Waals surface area contributed by atoms with E-state index >= 15 is 0 Å². The molecule has 0 unspecified atom stereocenters. The minimum atomic E-state index is -0.0419. The highest BCUT2D eigenvalue weighted by Crippen LogP contribution is 2.31. The van der Waals surface area contributed by atoms with Gasteiger partial charge in [0, 0.05) is 16.5 Å². The summed E-state index contributed by atoms with van der Waals surface area (Å²) in [7, 11) is 0. The summed E-state index contributed by atoms with van der Waals surface area (Å²) in [5.74, 6) is 0.881. The lowest BCUT2D eigenvalue weighted by molar-refractivity contribution is -0.122. The lowest BCUT2D eigenvalue weighted by Crippen LogP contribution is -2.48. The number of carbonyl (C=O) groups is 1. The van der Waals surface area contributed by atoms with Gasteiger partial charge in [-0.15, -0.1) is 0 Å². The lowest BCUT2D eigenvalue weighted by atomic mass is 9.78. The normalized spacial score (nSPS) is 25.3. The zero-order valence-corrected chi connectivity index (χ0v) is 13.7. The van der Waals surface area contributed by atoms with E-state index in [9.17, 15) is 4.79 Å². The molecule has 0 radical (unpaired) electrons. The fourth-order valence-electron chi connectivity index (χ4n) is 3.41. The Kier molecular flexibility index (Phi) is 3.98. The van der Waals surface area contributed by atoms with Gasteiger partial charge in [-0.25, -0.2) is 0 Å². The summed E-state index contributed by atoms with van der Waals surface area (Å²) >= 11 is 0. The molecule has 3 nitrogen and oxygen atoms in total. The monoisotopic (exact) mass is 299 g/mol. The highest BCUT2D eigenvalue weighted by atomic mass is 16.3. The molecular formula is C19H25NO2. The molecule has 118 valence electrons. The average molecular weight is 299 g/mol. The summed E-state index contributed by atoms with van der Waals surface area (Å²) in [6.07, 6.45) is 6.65. The van der Waals surface area contributed by atoms with E-state index in [1.807, 2.05) is 19.1 Å². The maximum Gasteiger partial charge on any atom is 0.224 e. The predicted octanol–water partition coefficient (Wildman–Crippen LogP) is 4.37. The molecule has 0 aliphatic heterocycles. The van der Waals surface area contributed by atoms with Crippen LogP contribution in [0.25, 0.3) is 11.0 Å². The molecule has 1 saturated carbocycles. The Morgan fingerprint density at radius 1 is 1.36 bits per heavy atom. The van der Waals surface area contributed by atoms with Gasteiger partial charge in [0.1, 0.15) is 5.58 Å². The van der Waals surface area contributed by atoms with Crippen LogP contribution in [0, 0.1) is 12.8 Å². The number of amides is 1. The predicted molar refractivity (Wildman–Crippen MR) is 88.8 cm³/mol. The molecule has 1 N–H and O–H groups in total. The Balaban J connectivity index is 1.68. The maximum absolute atomic E-state index is 12.4. The molecule has 0 atom stereocenters. The first-order chi connectivity index (χ1) is 10.5. The van der Waals surface area contributed by atoms with Crippen LogP contribution in [-0.4, -0.2) is 11.4 Å². The molecule has 1 aliphatic rings. The molecule has 1 heterocycles. The second-order valence-electron chi connectivity index (χ2n) is 7.23. The number of rotatable bonds is 3. The second-order valence-corrected chi connectivity index (χ2v) is 7.23. The van der Waals surface area contributed by atoms with Crippen molar-refractivity contribution >= 4 is 16.9 Å². The quantitative estimate of drug-likeness (QED) is 0.914. The van der Waals surface area contributed by atoms with Crippen LogP contribution in [0.2, 0.25) is 0 Å². The second kappa shape index (κ2) is 5.79. The Morgan fingerprint density at radius 3 is 2.82 bits per heavy atom. The molecule has 1 aromatic heterocycles. The number of carbonyl (C=O) groups excluding carboxylic acids is 1. The van der Waals surface area contributed by atoms with Crippen LogP contribution < -0.4 is 5.32 Å². The molecule has 1 fully saturated rings. The zero-order valence-electron chi connectivity index (χ0n) is 13.7. The van der Waals surface area contributed by atoms with Gasteiger partial charge < -0.3 is 9.73 Å². The van der Waals surface area contributed by atoms with Crippen LogP contribution >= 0.6 is 0 Å². The van der Waals surface area contributed by atoms with Gasteiger partial charge in [-0.1, -0.05) is 19.1 Å². The van der Waals surface area contributed by atoms with Gasteiger partial charge in [0.2, 0.25) is 5.91 Å². The minimum Gasteiger partial charge on any atom is -0.464 e. The number of hydrogen-bond acceptors (Lipinski definition) is 2. The van der Waals surface area contributed by atoms with Gasteiger partial charge in [0.05, 0.1) is 12.7 Å². The van der Waals surface area contributed by atoms with Crippen molar-refractivity contribution < 1.29 is 9.21 Å². The summed E-state index contributed by atoms with van der Waals surface area (Å²) in [6.45, 7) is 6.51. The smallest absolute Gasteiger partial charge is 0.224 e. The third kappa shape index (κ3) is 3.18. The Hall–Kier alpha value is -1.77. The summed E-state index contributed by atoms with van der Waals surface area (Å²) in [5.41, 5.74) is 2.96. The van der Waals surface area contributed by atoms with Gasteiger partial charge in [-0.2, -0.15) is 0 Å². The fraction of sp³-hybridized carbons (Fsp3) is 0.526. The highest BCUT2D eigenvalue weighted by molar-refractivity contribution is 5.88. The van der Waals surface area contributed by atoms with E-state index < -0.39 is 0 Å². The van der Waals surface area contributed by atoms with Crippen LogP contribution in [0.3, 0.4) is 0 Å². The van der Waals surface area contributed by atoms with Crippen molar-refractivity contribution in [1.29, 1.82) is 0 Å². The van der Waals surface area contributed by atoms with E-state index in [-0.39, 0.29) is 11.4 Å². The van der Waals surface area contributed by atoms with E-state index in [1.54, 1.807) is 6.26 Å². The van der Waals surface area contributed by atoms with E-state index in [0.29, 0.717) is 6.42 Å². The molecule has 0 saturated heterocycles. The van der Waals surface area contributed by atoms with Gasteiger partial charge in [-0.3, -0.25) is 4.79 Å². The number of hydrogen-bond donors (Lipinski definition) is 1. The first-order valence-corrected chi connectivity index (χ1v) is 8.23.